The molecule has 0 aliphatic heterocycles. The number of imidazole rings is 1. The number of ether oxygens (including phenoxy) is 2. The standard InChI is InChI=1S/C26H26N2O4/c1-3-4-9-25-27-22-16-20(31-2)14-15-23(22)28(25)17-18-10-12-19(13-11-18)21-7-5-6-8-24(21)32-26(29)30/h5-8,10-16H,3-4,9,17H2,1-2H3,(H,29,30). The van der Waals surface area contributed by atoms with Gasteiger partial charge in [-0.05, 0) is 35.7 Å². The van der Waals surface area contributed by atoms with Crippen LogP contribution in [0.15, 0.2) is 66.7 Å². The van der Waals surface area contributed by atoms with Gasteiger partial charge < -0.3 is 19.1 Å². The van der Waals surface area contributed by atoms with Crippen molar-refractivity contribution in [3.8, 4) is 22.6 Å². The van der Waals surface area contributed by atoms with Crippen LogP contribution in [0.4, 0.5) is 4.79 Å². The van der Waals surface area contributed by atoms with Gasteiger partial charge in [0.15, 0.2) is 0 Å². The summed E-state index contributed by atoms with van der Waals surface area (Å²) in [5.74, 6) is 2.19. The third kappa shape index (κ3) is 4.59. The van der Waals surface area contributed by atoms with Gasteiger partial charge in [0, 0.05) is 24.6 Å². The van der Waals surface area contributed by atoms with Gasteiger partial charge in [-0.2, -0.15) is 0 Å². The summed E-state index contributed by atoms with van der Waals surface area (Å²) in [5, 5.41) is 8.99. The number of benzene rings is 3. The fraction of sp³-hybridized carbons (Fsp3) is 0.231. The third-order valence-corrected chi connectivity index (χ3v) is 5.48. The van der Waals surface area contributed by atoms with Crippen molar-refractivity contribution >= 4 is 17.2 Å². The van der Waals surface area contributed by atoms with E-state index in [-0.39, 0.29) is 0 Å². The molecule has 0 amide bonds. The lowest BCUT2D eigenvalue weighted by atomic mass is 10.0. The summed E-state index contributed by atoms with van der Waals surface area (Å²) in [4.78, 5) is 15.9. The van der Waals surface area contributed by atoms with Gasteiger partial charge in [0.25, 0.3) is 0 Å². The molecular formula is C26H26N2O4. The number of hydrogen-bond donors (Lipinski definition) is 1. The molecule has 164 valence electrons. The predicted octanol–water partition coefficient (Wildman–Crippen LogP) is 6.16. The maximum Gasteiger partial charge on any atom is 0.511 e. The molecule has 3 aromatic carbocycles. The van der Waals surface area contributed by atoms with Crippen LogP contribution in [0.2, 0.25) is 0 Å². The Morgan fingerprint density at radius 2 is 1.84 bits per heavy atom. The van der Waals surface area contributed by atoms with Crippen molar-refractivity contribution in [2.45, 2.75) is 32.7 Å². The van der Waals surface area contributed by atoms with E-state index >= 15 is 0 Å². The molecule has 0 bridgehead atoms. The molecule has 1 N–H and O–H groups in total. The predicted molar refractivity (Wildman–Crippen MR) is 125 cm³/mol. The van der Waals surface area contributed by atoms with Crippen molar-refractivity contribution < 1.29 is 19.4 Å². The van der Waals surface area contributed by atoms with Crippen molar-refractivity contribution in [2.75, 3.05) is 7.11 Å². The van der Waals surface area contributed by atoms with Gasteiger partial charge in [-0.1, -0.05) is 55.8 Å². The van der Waals surface area contributed by atoms with Gasteiger partial charge in [-0.15, -0.1) is 0 Å². The van der Waals surface area contributed by atoms with Crippen LogP contribution < -0.4 is 9.47 Å². The largest absolute Gasteiger partial charge is 0.511 e. The van der Waals surface area contributed by atoms with Crippen LogP contribution >= 0.6 is 0 Å². The van der Waals surface area contributed by atoms with E-state index in [1.165, 1.54) is 0 Å². The van der Waals surface area contributed by atoms with Gasteiger partial charge in [-0.3, -0.25) is 0 Å². The summed E-state index contributed by atoms with van der Waals surface area (Å²) in [6.07, 6.45) is 1.79. The minimum Gasteiger partial charge on any atom is -0.497 e. The first-order valence-corrected chi connectivity index (χ1v) is 10.7. The number of aromatic nitrogens is 2. The van der Waals surface area contributed by atoms with E-state index in [2.05, 4.69) is 29.7 Å². The maximum atomic E-state index is 11.0. The Balaban J connectivity index is 1.64. The highest BCUT2D eigenvalue weighted by Crippen LogP contribution is 2.30. The number of para-hydroxylation sites is 1. The SMILES string of the molecule is CCCCc1nc2cc(OC)ccc2n1Cc1ccc(-c2ccccc2OC(=O)O)cc1. The zero-order valence-electron chi connectivity index (χ0n) is 18.2. The van der Waals surface area contributed by atoms with E-state index in [1.54, 1.807) is 19.2 Å². The molecule has 6 nitrogen and oxygen atoms in total. The van der Waals surface area contributed by atoms with Crippen LogP contribution in [0.25, 0.3) is 22.2 Å². The fourth-order valence-electron chi connectivity index (χ4n) is 3.85. The molecule has 1 aromatic heterocycles. The average molecular weight is 431 g/mol. The topological polar surface area (TPSA) is 73.6 Å². The molecular weight excluding hydrogens is 404 g/mol. The second-order valence-electron chi connectivity index (χ2n) is 7.63. The molecule has 0 fully saturated rings. The number of carboxylic acid groups (broad SMARTS) is 1. The number of nitrogens with zero attached hydrogens (tertiary/aromatic N) is 2. The van der Waals surface area contributed by atoms with E-state index in [0.717, 1.165) is 58.6 Å². The number of carbonyl (C=O) groups is 1. The summed E-state index contributed by atoms with van der Waals surface area (Å²) in [7, 11) is 1.66. The zero-order valence-corrected chi connectivity index (χ0v) is 18.2. The average Bonchev–Trinajstić information content (AvgIpc) is 3.14. The van der Waals surface area contributed by atoms with E-state index < -0.39 is 6.16 Å². The molecule has 4 aromatic rings. The zero-order chi connectivity index (χ0) is 22.5. The van der Waals surface area contributed by atoms with E-state index in [4.69, 9.17) is 19.6 Å². The fourth-order valence-corrected chi connectivity index (χ4v) is 3.85. The Morgan fingerprint density at radius 3 is 2.56 bits per heavy atom. The molecule has 32 heavy (non-hydrogen) atoms. The summed E-state index contributed by atoms with van der Waals surface area (Å²) in [6.45, 7) is 2.89. The summed E-state index contributed by atoms with van der Waals surface area (Å²) < 4.78 is 12.6. The van der Waals surface area contributed by atoms with E-state index in [9.17, 15) is 4.79 Å². The minimum atomic E-state index is -1.32. The normalized spacial score (nSPS) is 10.9. The number of rotatable bonds is 8. The number of aryl methyl sites for hydroxylation is 1. The van der Waals surface area contributed by atoms with Gasteiger partial charge in [0.05, 0.1) is 18.1 Å². The first-order valence-electron chi connectivity index (χ1n) is 10.7. The van der Waals surface area contributed by atoms with Crippen molar-refractivity contribution in [1.29, 1.82) is 0 Å². The molecule has 4 rings (SSSR count). The summed E-state index contributed by atoms with van der Waals surface area (Å²) >= 11 is 0. The van der Waals surface area contributed by atoms with Crippen molar-refractivity contribution in [2.24, 2.45) is 0 Å². The second-order valence-corrected chi connectivity index (χ2v) is 7.63. The van der Waals surface area contributed by atoms with Crippen LogP contribution in [0.1, 0.15) is 31.2 Å². The van der Waals surface area contributed by atoms with Crippen LogP contribution in [0.5, 0.6) is 11.5 Å². The molecule has 0 aliphatic rings. The molecule has 0 unspecified atom stereocenters. The smallest absolute Gasteiger partial charge is 0.497 e. The first kappa shape index (κ1) is 21.4. The van der Waals surface area contributed by atoms with Gasteiger partial charge in [0.1, 0.15) is 17.3 Å². The molecule has 0 saturated heterocycles. The Labute approximate surface area is 187 Å². The lowest BCUT2D eigenvalue weighted by Gasteiger charge is -2.12. The Hall–Kier alpha value is -3.80. The third-order valence-electron chi connectivity index (χ3n) is 5.48. The lowest BCUT2D eigenvalue weighted by molar-refractivity contribution is 0.144. The summed E-state index contributed by atoms with van der Waals surface area (Å²) in [6, 6.07) is 21.2. The highest BCUT2D eigenvalue weighted by Gasteiger charge is 2.13. The van der Waals surface area contributed by atoms with Crippen molar-refractivity contribution in [3.63, 3.8) is 0 Å². The summed E-state index contributed by atoms with van der Waals surface area (Å²) in [5.41, 5.74) is 4.80. The van der Waals surface area contributed by atoms with Gasteiger partial charge in [-0.25, -0.2) is 9.78 Å². The van der Waals surface area contributed by atoms with Crippen LogP contribution in [0.3, 0.4) is 0 Å². The number of unbranched alkanes of at least 4 members (excludes halogenated alkanes) is 1. The molecule has 0 atom stereocenters. The second kappa shape index (κ2) is 9.56. The monoisotopic (exact) mass is 430 g/mol. The van der Waals surface area contributed by atoms with Crippen LogP contribution in [-0.2, 0) is 13.0 Å². The quantitative estimate of drug-likeness (QED) is 0.268. The van der Waals surface area contributed by atoms with Crippen molar-refractivity contribution in [3.05, 3.63) is 78.1 Å². The highest BCUT2D eigenvalue weighted by molar-refractivity contribution is 5.78. The van der Waals surface area contributed by atoms with Crippen molar-refractivity contribution in [1.82, 2.24) is 9.55 Å². The maximum absolute atomic E-state index is 11.0. The Bertz CT molecular complexity index is 1230. The molecule has 1 heterocycles. The van der Waals surface area contributed by atoms with E-state index in [0.29, 0.717) is 12.3 Å². The molecule has 0 spiro atoms. The Kier molecular flexibility index (Phi) is 6.40. The number of methoxy groups -OCH3 is 1. The van der Waals surface area contributed by atoms with E-state index in [1.807, 2.05) is 36.4 Å². The first-order chi connectivity index (χ1) is 15.6. The molecule has 0 aliphatic carbocycles. The number of hydrogen-bond acceptors (Lipinski definition) is 4. The molecule has 0 radical (unpaired) electrons. The van der Waals surface area contributed by atoms with Crippen LogP contribution in [0, 0.1) is 0 Å². The number of fused-ring (bicyclic) bond motifs is 1. The molecule has 0 saturated carbocycles. The molecule has 6 heteroatoms. The van der Waals surface area contributed by atoms with Gasteiger partial charge >= 0.3 is 6.16 Å². The van der Waals surface area contributed by atoms with Gasteiger partial charge in [0.2, 0.25) is 0 Å². The lowest BCUT2D eigenvalue weighted by Crippen LogP contribution is -2.05. The minimum absolute atomic E-state index is 0.323. The highest BCUT2D eigenvalue weighted by atomic mass is 16.7. The van der Waals surface area contributed by atoms with Crippen LogP contribution in [-0.4, -0.2) is 27.9 Å². The Morgan fingerprint density at radius 1 is 1.06 bits per heavy atom.